The fraction of sp³-hybridized carbons (Fsp3) is 0.240. The molecular weight excluding hydrogens is 440 g/mol. The van der Waals surface area contributed by atoms with Gasteiger partial charge in [-0.25, -0.2) is 8.42 Å². The lowest BCUT2D eigenvalue weighted by Crippen LogP contribution is -2.29. The Morgan fingerprint density at radius 1 is 0.909 bits per heavy atom. The Kier molecular flexibility index (Phi) is 7.28. The van der Waals surface area contributed by atoms with E-state index in [0.29, 0.717) is 28.4 Å². The van der Waals surface area contributed by atoms with Crippen molar-refractivity contribution in [1.29, 1.82) is 0 Å². The van der Waals surface area contributed by atoms with Crippen LogP contribution in [0.2, 0.25) is 0 Å². The molecule has 1 N–H and O–H groups in total. The summed E-state index contributed by atoms with van der Waals surface area (Å²) in [5.74, 6) is 0.786. The minimum atomic E-state index is -3.50. The number of aryl methyl sites for hydroxylation is 2. The molecule has 174 valence electrons. The van der Waals surface area contributed by atoms with Crippen LogP contribution in [0, 0.1) is 13.8 Å². The van der Waals surface area contributed by atoms with Crippen LogP contribution >= 0.6 is 0 Å². The monoisotopic (exact) mass is 468 g/mol. The number of nitrogens with zero attached hydrogens (tertiary/aromatic N) is 1. The van der Waals surface area contributed by atoms with Crippen LogP contribution in [0.4, 0.5) is 11.4 Å². The Morgan fingerprint density at radius 2 is 1.61 bits per heavy atom. The van der Waals surface area contributed by atoms with E-state index in [1.54, 1.807) is 55.6 Å². The lowest BCUT2D eigenvalue weighted by atomic mass is 10.1. The number of hydrogen-bond donors (Lipinski definition) is 1. The van der Waals surface area contributed by atoms with E-state index in [4.69, 9.17) is 9.47 Å². The summed E-state index contributed by atoms with van der Waals surface area (Å²) >= 11 is 0. The number of methoxy groups -OCH3 is 2. The number of rotatable bonds is 8. The molecular formula is C25H28N2O5S. The van der Waals surface area contributed by atoms with Crippen LogP contribution in [0.15, 0.2) is 60.7 Å². The Labute approximate surface area is 195 Å². The smallest absolute Gasteiger partial charge is 0.255 e. The SMILES string of the molecule is COc1ccc(OC)c(NC(=O)c2ccc(CN(c3ccc(C)c(C)c3)S(C)(=O)=O)cc2)c1. The molecule has 0 unspecified atom stereocenters. The van der Waals surface area contributed by atoms with Crippen molar-refractivity contribution in [1.82, 2.24) is 0 Å². The maximum atomic E-state index is 12.8. The van der Waals surface area contributed by atoms with Crippen LogP contribution < -0.4 is 19.1 Å². The third-order valence-electron chi connectivity index (χ3n) is 5.38. The van der Waals surface area contributed by atoms with Crippen LogP contribution in [0.5, 0.6) is 11.5 Å². The van der Waals surface area contributed by atoms with Gasteiger partial charge in [-0.3, -0.25) is 9.10 Å². The fourth-order valence-corrected chi connectivity index (χ4v) is 4.19. The van der Waals surface area contributed by atoms with Gasteiger partial charge >= 0.3 is 0 Å². The van der Waals surface area contributed by atoms with E-state index in [1.807, 2.05) is 26.0 Å². The minimum absolute atomic E-state index is 0.160. The van der Waals surface area contributed by atoms with E-state index >= 15 is 0 Å². The van der Waals surface area contributed by atoms with Crippen LogP contribution in [0.25, 0.3) is 0 Å². The molecule has 0 spiro atoms. The van der Waals surface area contributed by atoms with Gasteiger partial charge in [0.05, 0.1) is 38.4 Å². The zero-order valence-corrected chi connectivity index (χ0v) is 20.2. The van der Waals surface area contributed by atoms with E-state index < -0.39 is 10.0 Å². The fourth-order valence-electron chi connectivity index (χ4n) is 3.31. The van der Waals surface area contributed by atoms with Crippen LogP contribution in [0.3, 0.4) is 0 Å². The first-order chi connectivity index (χ1) is 15.6. The molecule has 0 atom stereocenters. The second-order valence-corrected chi connectivity index (χ2v) is 9.66. The summed E-state index contributed by atoms with van der Waals surface area (Å²) < 4.78 is 36.8. The lowest BCUT2D eigenvalue weighted by Gasteiger charge is -2.23. The molecule has 0 radical (unpaired) electrons. The second kappa shape index (κ2) is 9.95. The quantitative estimate of drug-likeness (QED) is 0.525. The molecule has 8 heteroatoms. The number of carbonyl (C=O) groups excluding carboxylic acids is 1. The molecule has 0 aromatic heterocycles. The van der Waals surface area contributed by atoms with Crippen molar-refractivity contribution >= 4 is 27.3 Å². The first-order valence-corrected chi connectivity index (χ1v) is 12.1. The third-order valence-corrected chi connectivity index (χ3v) is 6.52. The molecule has 7 nitrogen and oxygen atoms in total. The maximum Gasteiger partial charge on any atom is 0.255 e. The zero-order chi connectivity index (χ0) is 24.2. The summed E-state index contributed by atoms with van der Waals surface area (Å²) in [6, 6.07) is 17.5. The summed E-state index contributed by atoms with van der Waals surface area (Å²) in [7, 11) is -0.430. The van der Waals surface area contributed by atoms with Crippen molar-refractivity contribution in [2.75, 3.05) is 30.1 Å². The molecule has 0 heterocycles. The molecule has 0 bridgehead atoms. The Bertz CT molecular complexity index is 1250. The van der Waals surface area contributed by atoms with Gasteiger partial charge in [-0.15, -0.1) is 0 Å². The average Bonchev–Trinajstić information content (AvgIpc) is 2.79. The highest BCUT2D eigenvalue weighted by Crippen LogP contribution is 2.29. The first kappa shape index (κ1) is 24.1. The number of ether oxygens (including phenoxy) is 2. The Balaban J connectivity index is 1.80. The van der Waals surface area contributed by atoms with Crippen molar-refractivity contribution in [2.45, 2.75) is 20.4 Å². The maximum absolute atomic E-state index is 12.8. The summed E-state index contributed by atoms with van der Waals surface area (Å²) in [5, 5.41) is 2.82. The topological polar surface area (TPSA) is 84.9 Å². The molecule has 3 aromatic carbocycles. The van der Waals surface area contributed by atoms with E-state index in [1.165, 1.54) is 17.7 Å². The predicted octanol–water partition coefficient (Wildman–Crippen LogP) is 4.54. The van der Waals surface area contributed by atoms with Gasteiger partial charge in [0.1, 0.15) is 11.5 Å². The van der Waals surface area contributed by atoms with Crippen molar-refractivity contribution in [3.05, 3.63) is 82.9 Å². The summed E-state index contributed by atoms with van der Waals surface area (Å²) in [5.41, 5.74) is 4.39. The Hall–Kier alpha value is -3.52. The number of sulfonamides is 1. The van der Waals surface area contributed by atoms with Gasteiger partial charge in [-0.05, 0) is 66.9 Å². The van der Waals surface area contributed by atoms with Gasteiger partial charge in [0.25, 0.3) is 5.91 Å². The standard InChI is InChI=1S/C25H28N2O5S/c1-17-6-11-21(14-18(17)2)27(33(5,29)30)16-19-7-9-20(10-8-19)25(28)26-23-15-22(31-3)12-13-24(23)32-4/h6-15H,16H2,1-5H3,(H,26,28). The normalized spacial score (nSPS) is 11.1. The molecule has 0 saturated heterocycles. The highest BCUT2D eigenvalue weighted by Gasteiger charge is 2.19. The third kappa shape index (κ3) is 5.84. The molecule has 0 aliphatic rings. The number of nitrogens with one attached hydrogen (secondary N) is 1. The van der Waals surface area contributed by atoms with Crippen molar-refractivity contribution in [3.63, 3.8) is 0 Å². The van der Waals surface area contributed by atoms with Gasteiger partial charge in [-0.1, -0.05) is 18.2 Å². The van der Waals surface area contributed by atoms with Crippen molar-refractivity contribution in [2.24, 2.45) is 0 Å². The van der Waals surface area contributed by atoms with E-state index in [-0.39, 0.29) is 12.5 Å². The second-order valence-electron chi connectivity index (χ2n) is 7.76. The average molecular weight is 469 g/mol. The molecule has 0 aliphatic heterocycles. The summed E-state index contributed by atoms with van der Waals surface area (Å²) in [4.78, 5) is 12.8. The van der Waals surface area contributed by atoms with Gasteiger partial charge in [0, 0.05) is 11.6 Å². The van der Waals surface area contributed by atoms with Gasteiger partial charge in [-0.2, -0.15) is 0 Å². The molecule has 1 amide bonds. The predicted molar refractivity (Wildman–Crippen MR) is 131 cm³/mol. The highest BCUT2D eigenvalue weighted by atomic mass is 32.2. The van der Waals surface area contributed by atoms with E-state index in [0.717, 1.165) is 16.7 Å². The number of carbonyl (C=O) groups is 1. The molecule has 3 aromatic rings. The van der Waals surface area contributed by atoms with Gasteiger partial charge in [0.15, 0.2) is 0 Å². The van der Waals surface area contributed by atoms with Crippen LogP contribution in [-0.2, 0) is 16.6 Å². The molecule has 0 aliphatic carbocycles. The first-order valence-electron chi connectivity index (χ1n) is 10.3. The summed E-state index contributed by atoms with van der Waals surface area (Å²) in [6.45, 7) is 4.09. The lowest BCUT2D eigenvalue weighted by molar-refractivity contribution is 0.102. The number of anilines is 2. The van der Waals surface area contributed by atoms with Gasteiger partial charge in [0.2, 0.25) is 10.0 Å². The molecule has 33 heavy (non-hydrogen) atoms. The highest BCUT2D eigenvalue weighted by molar-refractivity contribution is 7.92. The molecule has 0 fully saturated rings. The zero-order valence-electron chi connectivity index (χ0n) is 19.4. The van der Waals surface area contributed by atoms with E-state index in [9.17, 15) is 13.2 Å². The summed E-state index contributed by atoms with van der Waals surface area (Å²) in [6.07, 6.45) is 1.19. The molecule has 3 rings (SSSR count). The van der Waals surface area contributed by atoms with E-state index in [2.05, 4.69) is 5.32 Å². The Morgan fingerprint density at radius 3 is 2.18 bits per heavy atom. The van der Waals surface area contributed by atoms with Crippen LogP contribution in [-0.4, -0.2) is 34.8 Å². The minimum Gasteiger partial charge on any atom is -0.497 e. The number of amides is 1. The van der Waals surface area contributed by atoms with Crippen molar-refractivity contribution < 1.29 is 22.7 Å². The molecule has 0 saturated carbocycles. The van der Waals surface area contributed by atoms with Gasteiger partial charge < -0.3 is 14.8 Å². The largest absolute Gasteiger partial charge is 0.497 e. The number of benzene rings is 3. The number of hydrogen-bond acceptors (Lipinski definition) is 5. The van der Waals surface area contributed by atoms with Crippen molar-refractivity contribution in [3.8, 4) is 11.5 Å². The van der Waals surface area contributed by atoms with Crippen LogP contribution in [0.1, 0.15) is 27.0 Å².